The highest BCUT2D eigenvalue weighted by Gasteiger charge is 2.55. The molecule has 1 amide bonds. The van der Waals surface area contributed by atoms with E-state index in [2.05, 4.69) is 10.1 Å². The molecule has 5 rings (SSSR count). The van der Waals surface area contributed by atoms with Crippen LogP contribution in [0.3, 0.4) is 0 Å². The fourth-order valence-corrected chi connectivity index (χ4v) is 5.90. The highest BCUT2D eigenvalue weighted by atomic mass is 16.3. The average molecular weight is 476 g/mol. The van der Waals surface area contributed by atoms with Gasteiger partial charge < -0.3 is 10.0 Å². The summed E-state index contributed by atoms with van der Waals surface area (Å²) in [5.74, 6) is 0.141. The van der Waals surface area contributed by atoms with Gasteiger partial charge in [-0.25, -0.2) is 4.98 Å². The number of likely N-dealkylation sites (tertiary alicyclic amines) is 1. The monoisotopic (exact) mass is 475 g/mol. The van der Waals surface area contributed by atoms with Gasteiger partial charge in [0.15, 0.2) is 0 Å². The van der Waals surface area contributed by atoms with Crippen molar-refractivity contribution in [1.82, 2.24) is 24.2 Å². The molecular weight excluding hydrogens is 442 g/mol. The molecule has 184 valence electrons. The van der Waals surface area contributed by atoms with Crippen LogP contribution >= 0.6 is 0 Å². The lowest BCUT2D eigenvalue weighted by molar-refractivity contribution is -0.160. The number of benzene rings is 1. The molecule has 1 N–H and O–H groups in total. The van der Waals surface area contributed by atoms with Gasteiger partial charge in [0, 0.05) is 49.8 Å². The minimum atomic E-state index is -1.05. The number of aliphatic hydroxyl groups is 1. The third kappa shape index (κ3) is 4.67. The summed E-state index contributed by atoms with van der Waals surface area (Å²) in [6.45, 7) is 1.24. The van der Waals surface area contributed by atoms with Gasteiger partial charge in [-0.05, 0) is 31.2 Å². The zero-order valence-corrected chi connectivity index (χ0v) is 20.3. The van der Waals surface area contributed by atoms with E-state index in [1.165, 1.54) is 17.0 Å². The van der Waals surface area contributed by atoms with Crippen molar-refractivity contribution in [2.75, 3.05) is 13.1 Å². The van der Waals surface area contributed by atoms with Gasteiger partial charge in [0.05, 0.1) is 30.4 Å². The van der Waals surface area contributed by atoms with Gasteiger partial charge in [-0.15, -0.1) is 0 Å². The van der Waals surface area contributed by atoms with Crippen molar-refractivity contribution in [3.63, 3.8) is 0 Å². The summed E-state index contributed by atoms with van der Waals surface area (Å²) >= 11 is 0. The number of carbonyl (C=O) groups is 1. The molecule has 1 aliphatic carbocycles. The van der Waals surface area contributed by atoms with Gasteiger partial charge in [-0.1, -0.05) is 43.2 Å². The van der Waals surface area contributed by atoms with Crippen LogP contribution in [0.4, 0.5) is 0 Å². The summed E-state index contributed by atoms with van der Waals surface area (Å²) in [6, 6.07) is 11.6. The van der Waals surface area contributed by atoms with Crippen LogP contribution in [-0.4, -0.2) is 53.9 Å². The second-order valence-electron chi connectivity index (χ2n) is 10.2. The van der Waals surface area contributed by atoms with Crippen molar-refractivity contribution < 1.29 is 9.90 Å². The van der Waals surface area contributed by atoms with Crippen LogP contribution < -0.4 is 5.56 Å². The Morgan fingerprint density at radius 3 is 2.60 bits per heavy atom. The quantitative estimate of drug-likeness (QED) is 0.592. The number of piperidine rings is 1. The Hall–Kier alpha value is -3.26. The smallest absolute Gasteiger partial charge is 0.253 e. The molecule has 1 saturated heterocycles. The van der Waals surface area contributed by atoms with E-state index in [-0.39, 0.29) is 18.0 Å². The second-order valence-corrected chi connectivity index (χ2v) is 10.2. The van der Waals surface area contributed by atoms with E-state index in [1.807, 2.05) is 48.5 Å². The highest BCUT2D eigenvalue weighted by Crippen LogP contribution is 2.51. The van der Waals surface area contributed by atoms with Crippen molar-refractivity contribution in [2.45, 2.75) is 57.1 Å². The first-order valence-electron chi connectivity index (χ1n) is 12.5. The van der Waals surface area contributed by atoms with Crippen molar-refractivity contribution in [3.05, 3.63) is 71.0 Å². The predicted molar refractivity (Wildman–Crippen MR) is 133 cm³/mol. The molecular formula is C27H33N5O3. The Morgan fingerprint density at radius 2 is 1.91 bits per heavy atom. The number of amides is 1. The molecule has 8 nitrogen and oxygen atoms in total. The van der Waals surface area contributed by atoms with E-state index in [9.17, 15) is 14.7 Å². The molecule has 8 heteroatoms. The van der Waals surface area contributed by atoms with E-state index >= 15 is 0 Å². The van der Waals surface area contributed by atoms with Gasteiger partial charge in [-0.3, -0.25) is 18.8 Å². The normalized spacial score (nSPS) is 21.5. The summed E-state index contributed by atoms with van der Waals surface area (Å²) in [5.41, 5.74) is 0.870. The zero-order chi connectivity index (χ0) is 24.5. The molecule has 0 bridgehead atoms. The van der Waals surface area contributed by atoms with E-state index in [0.717, 1.165) is 43.2 Å². The molecule has 1 aromatic carbocycles. The minimum Gasteiger partial charge on any atom is -0.387 e. The SMILES string of the molecule is Cn1cc(-c2cc(=O)n(CC3(O)CCN(C(=O)CCc4ccccc4)CC34CCCC4)cn2)cn1. The van der Waals surface area contributed by atoms with Crippen LogP contribution in [0.5, 0.6) is 0 Å². The fraction of sp³-hybridized carbons (Fsp3) is 0.481. The molecule has 1 atom stereocenters. The molecule has 2 fully saturated rings. The minimum absolute atomic E-state index is 0.141. The summed E-state index contributed by atoms with van der Waals surface area (Å²) in [6.07, 6.45) is 10.5. The van der Waals surface area contributed by atoms with Gasteiger partial charge >= 0.3 is 0 Å². The van der Waals surface area contributed by atoms with Crippen molar-refractivity contribution in [3.8, 4) is 11.3 Å². The number of carbonyl (C=O) groups excluding carboxylic acids is 1. The first-order valence-corrected chi connectivity index (χ1v) is 12.5. The molecule has 1 unspecified atom stereocenters. The van der Waals surface area contributed by atoms with Crippen molar-refractivity contribution in [1.29, 1.82) is 0 Å². The zero-order valence-electron chi connectivity index (χ0n) is 20.3. The molecule has 2 aliphatic rings. The van der Waals surface area contributed by atoms with Crippen LogP contribution in [0.25, 0.3) is 11.3 Å². The lowest BCUT2D eigenvalue weighted by Gasteiger charge is -2.52. The predicted octanol–water partition coefficient (Wildman–Crippen LogP) is 2.80. The number of hydrogen-bond donors (Lipinski definition) is 1. The van der Waals surface area contributed by atoms with Crippen molar-refractivity contribution in [2.24, 2.45) is 12.5 Å². The Kier molecular flexibility index (Phi) is 6.32. The number of hydrogen-bond acceptors (Lipinski definition) is 5. The van der Waals surface area contributed by atoms with Gasteiger partial charge in [0.2, 0.25) is 5.91 Å². The molecule has 1 saturated carbocycles. The van der Waals surface area contributed by atoms with Gasteiger partial charge in [0.1, 0.15) is 0 Å². The molecule has 3 heterocycles. The van der Waals surface area contributed by atoms with Crippen molar-refractivity contribution >= 4 is 5.91 Å². The lowest BCUT2D eigenvalue weighted by atomic mass is 9.65. The number of nitrogens with zero attached hydrogens (tertiary/aromatic N) is 5. The maximum atomic E-state index is 13.1. The third-order valence-corrected chi connectivity index (χ3v) is 7.97. The number of aromatic nitrogens is 4. The van der Waals surface area contributed by atoms with Crippen LogP contribution in [0.2, 0.25) is 0 Å². The molecule has 1 aliphatic heterocycles. The first kappa shape index (κ1) is 23.5. The van der Waals surface area contributed by atoms with Crippen LogP contribution in [0.15, 0.2) is 59.9 Å². The summed E-state index contributed by atoms with van der Waals surface area (Å²) in [7, 11) is 1.82. The maximum absolute atomic E-state index is 13.1. The number of aryl methyl sites for hydroxylation is 2. The Morgan fingerprint density at radius 1 is 1.14 bits per heavy atom. The summed E-state index contributed by atoms with van der Waals surface area (Å²) < 4.78 is 3.19. The van der Waals surface area contributed by atoms with E-state index in [4.69, 9.17) is 0 Å². The Labute approximate surface area is 205 Å². The van der Waals surface area contributed by atoms with E-state index in [0.29, 0.717) is 31.6 Å². The molecule has 35 heavy (non-hydrogen) atoms. The molecule has 1 spiro atoms. The Balaban J connectivity index is 1.31. The molecule has 3 aromatic rings. The average Bonchev–Trinajstić information content (AvgIpc) is 3.51. The largest absolute Gasteiger partial charge is 0.387 e. The maximum Gasteiger partial charge on any atom is 0.253 e. The summed E-state index contributed by atoms with van der Waals surface area (Å²) in [4.78, 5) is 32.4. The third-order valence-electron chi connectivity index (χ3n) is 7.97. The van der Waals surface area contributed by atoms with Crippen LogP contribution in [0.1, 0.15) is 44.1 Å². The fourth-order valence-electron chi connectivity index (χ4n) is 5.90. The number of rotatable bonds is 6. The highest BCUT2D eigenvalue weighted by molar-refractivity contribution is 5.76. The van der Waals surface area contributed by atoms with Gasteiger partial charge in [0.25, 0.3) is 5.56 Å². The van der Waals surface area contributed by atoms with E-state index in [1.54, 1.807) is 10.9 Å². The Bertz CT molecular complexity index is 1240. The van der Waals surface area contributed by atoms with E-state index < -0.39 is 11.0 Å². The standard InChI is InChI=1S/C27H33N5O3/c1-30-17-22(16-29-30)23-15-25(34)32(20-28-23)19-27(35)13-14-31(18-26(27)11-5-6-12-26)24(33)10-9-21-7-3-2-4-8-21/h2-4,7-8,15-17,20,35H,5-6,9-14,18-19H2,1H3. The topological polar surface area (TPSA) is 93.2 Å². The second kappa shape index (κ2) is 9.41. The summed E-state index contributed by atoms with van der Waals surface area (Å²) in [5, 5.41) is 16.1. The van der Waals surface area contributed by atoms with Crippen LogP contribution in [-0.2, 0) is 24.8 Å². The first-order chi connectivity index (χ1) is 16.9. The van der Waals surface area contributed by atoms with Crippen LogP contribution in [0, 0.1) is 5.41 Å². The van der Waals surface area contributed by atoms with Gasteiger partial charge in [-0.2, -0.15) is 5.10 Å². The molecule has 0 radical (unpaired) electrons. The lowest BCUT2D eigenvalue weighted by Crippen LogP contribution is -2.62. The molecule has 2 aromatic heterocycles.